The summed E-state index contributed by atoms with van der Waals surface area (Å²) in [6, 6.07) is 6.75. The summed E-state index contributed by atoms with van der Waals surface area (Å²) >= 11 is 0. The first-order chi connectivity index (χ1) is 9.20. The lowest BCUT2D eigenvalue weighted by molar-refractivity contribution is 0.0526. The van der Waals surface area contributed by atoms with Gasteiger partial charge in [0.25, 0.3) is 0 Å². The summed E-state index contributed by atoms with van der Waals surface area (Å²) in [5, 5.41) is 6.89. The quantitative estimate of drug-likeness (QED) is 0.632. The number of nitrogens with two attached hydrogens (primary N) is 1. The van der Waals surface area contributed by atoms with Gasteiger partial charge in [0, 0.05) is 6.07 Å². The first kappa shape index (κ1) is 12.9. The van der Waals surface area contributed by atoms with Crippen LogP contribution in [0.2, 0.25) is 0 Å². The van der Waals surface area contributed by atoms with E-state index in [4.69, 9.17) is 15.0 Å². The predicted molar refractivity (Wildman–Crippen MR) is 70.6 cm³/mol. The molecule has 1 heterocycles. The average molecular weight is 261 g/mol. The van der Waals surface area contributed by atoms with E-state index in [-0.39, 0.29) is 5.97 Å². The van der Waals surface area contributed by atoms with Crippen molar-refractivity contribution in [3.63, 3.8) is 0 Å². The van der Waals surface area contributed by atoms with Crippen molar-refractivity contribution in [3.8, 4) is 0 Å². The minimum Gasteiger partial charge on any atom is -0.462 e. The first-order valence-electron chi connectivity index (χ1n) is 5.90. The molecule has 0 aliphatic rings. The zero-order valence-electron chi connectivity index (χ0n) is 10.6. The van der Waals surface area contributed by atoms with E-state index in [1.165, 1.54) is 6.26 Å². The lowest BCUT2D eigenvalue weighted by Crippen LogP contribution is -2.07. The molecule has 0 radical (unpaired) electrons. The number of carbonyl (C=O) groups excluding carboxylic acids is 1. The fourth-order valence-corrected chi connectivity index (χ4v) is 1.58. The molecule has 0 saturated carbocycles. The normalized spacial score (nSPS) is 10.2. The molecule has 19 heavy (non-hydrogen) atoms. The summed E-state index contributed by atoms with van der Waals surface area (Å²) in [5.41, 5.74) is 8.30. The van der Waals surface area contributed by atoms with E-state index in [0.717, 1.165) is 11.4 Å². The monoisotopic (exact) mass is 261 g/mol. The summed E-state index contributed by atoms with van der Waals surface area (Å²) in [4.78, 5) is 11.5. The minimum absolute atomic E-state index is 0.338. The van der Waals surface area contributed by atoms with Crippen LogP contribution < -0.4 is 11.1 Å². The molecule has 100 valence electrons. The lowest BCUT2D eigenvalue weighted by atomic mass is 10.1. The maximum Gasteiger partial charge on any atom is 0.338 e. The molecule has 2 aromatic rings. The van der Waals surface area contributed by atoms with Gasteiger partial charge in [0.05, 0.1) is 30.1 Å². The van der Waals surface area contributed by atoms with Crippen LogP contribution in [0, 0.1) is 0 Å². The van der Waals surface area contributed by atoms with E-state index in [1.54, 1.807) is 31.2 Å². The summed E-state index contributed by atoms with van der Waals surface area (Å²) in [6.45, 7) is 2.60. The number of nitrogens with one attached hydrogen (secondary N) is 1. The standard InChI is InChI=1S/C13H15N3O3/c1-2-18-13(17)9-3-4-12(11(14)7-9)15-8-10-5-6-19-16-10/h3-7,15H,2,8,14H2,1H3. The highest BCUT2D eigenvalue weighted by atomic mass is 16.5. The van der Waals surface area contributed by atoms with Crippen molar-refractivity contribution in [2.24, 2.45) is 0 Å². The molecule has 0 saturated heterocycles. The van der Waals surface area contributed by atoms with Crippen LogP contribution in [0.3, 0.4) is 0 Å². The number of rotatable bonds is 5. The van der Waals surface area contributed by atoms with Crippen molar-refractivity contribution in [1.82, 2.24) is 5.16 Å². The van der Waals surface area contributed by atoms with Gasteiger partial charge >= 0.3 is 5.97 Å². The Hall–Kier alpha value is -2.50. The highest BCUT2D eigenvalue weighted by Gasteiger charge is 2.09. The highest BCUT2D eigenvalue weighted by Crippen LogP contribution is 2.21. The predicted octanol–water partition coefficient (Wildman–Crippen LogP) is 2.05. The van der Waals surface area contributed by atoms with E-state index >= 15 is 0 Å². The molecule has 1 aromatic heterocycles. The number of nitrogen functional groups attached to an aromatic ring is 1. The zero-order valence-corrected chi connectivity index (χ0v) is 10.6. The molecule has 2 rings (SSSR count). The Morgan fingerprint density at radius 2 is 2.32 bits per heavy atom. The lowest BCUT2D eigenvalue weighted by Gasteiger charge is -2.09. The molecule has 0 atom stereocenters. The number of benzene rings is 1. The number of nitrogens with zero attached hydrogens (tertiary/aromatic N) is 1. The average Bonchev–Trinajstić information content (AvgIpc) is 2.90. The molecule has 1 aromatic carbocycles. The largest absolute Gasteiger partial charge is 0.462 e. The fraction of sp³-hybridized carbons (Fsp3) is 0.231. The van der Waals surface area contributed by atoms with Crippen molar-refractivity contribution >= 4 is 17.3 Å². The Morgan fingerprint density at radius 1 is 1.47 bits per heavy atom. The number of esters is 1. The van der Waals surface area contributed by atoms with Crippen LogP contribution in [0.25, 0.3) is 0 Å². The maximum atomic E-state index is 11.5. The Balaban J connectivity index is 2.04. The van der Waals surface area contributed by atoms with Gasteiger partial charge in [-0.15, -0.1) is 0 Å². The second-order valence-corrected chi connectivity index (χ2v) is 3.87. The molecule has 0 bridgehead atoms. The fourth-order valence-electron chi connectivity index (χ4n) is 1.58. The third-order valence-corrected chi connectivity index (χ3v) is 2.51. The number of aromatic nitrogens is 1. The SMILES string of the molecule is CCOC(=O)c1ccc(NCc2ccon2)c(N)c1. The van der Waals surface area contributed by atoms with Crippen LogP contribution in [0.1, 0.15) is 23.0 Å². The van der Waals surface area contributed by atoms with E-state index in [2.05, 4.69) is 10.5 Å². The van der Waals surface area contributed by atoms with Gasteiger partial charge in [-0.25, -0.2) is 4.79 Å². The molecule has 0 fully saturated rings. The summed E-state index contributed by atoms with van der Waals surface area (Å²) in [5.74, 6) is -0.378. The van der Waals surface area contributed by atoms with Crippen LogP contribution in [-0.2, 0) is 11.3 Å². The van der Waals surface area contributed by atoms with Crippen molar-refractivity contribution in [2.45, 2.75) is 13.5 Å². The number of hydrogen-bond acceptors (Lipinski definition) is 6. The number of ether oxygens (including phenoxy) is 1. The van der Waals surface area contributed by atoms with Crippen LogP contribution >= 0.6 is 0 Å². The maximum absolute atomic E-state index is 11.5. The molecule has 0 spiro atoms. The second-order valence-electron chi connectivity index (χ2n) is 3.87. The molecular weight excluding hydrogens is 246 g/mol. The van der Waals surface area contributed by atoms with E-state index in [9.17, 15) is 4.79 Å². The molecule has 0 aliphatic heterocycles. The highest BCUT2D eigenvalue weighted by molar-refractivity contribution is 5.91. The molecule has 3 N–H and O–H groups in total. The van der Waals surface area contributed by atoms with Crippen LogP contribution in [-0.4, -0.2) is 17.7 Å². The first-order valence-corrected chi connectivity index (χ1v) is 5.90. The number of carbonyl (C=O) groups is 1. The molecule has 0 amide bonds. The van der Waals surface area contributed by atoms with Gasteiger partial charge < -0.3 is 20.3 Å². The van der Waals surface area contributed by atoms with Crippen molar-refractivity contribution in [2.75, 3.05) is 17.7 Å². The van der Waals surface area contributed by atoms with Gasteiger partial charge in [0.15, 0.2) is 0 Å². The zero-order chi connectivity index (χ0) is 13.7. The Labute approximate surface area is 110 Å². The number of hydrogen-bond donors (Lipinski definition) is 2. The second kappa shape index (κ2) is 5.90. The van der Waals surface area contributed by atoms with Gasteiger partial charge in [-0.3, -0.25) is 0 Å². The van der Waals surface area contributed by atoms with Gasteiger partial charge in [-0.05, 0) is 25.1 Å². The summed E-state index contributed by atoms with van der Waals surface area (Å²) in [7, 11) is 0. The van der Waals surface area contributed by atoms with Gasteiger partial charge in [-0.2, -0.15) is 0 Å². The van der Waals surface area contributed by atoms with Gasteiger partial charge in [-0.1, -0.05) is 5.16 Å². The van der Waals surface area contributed by atoms with Crippen molar-refractivity contribution < 1.29 is 14.1 Å². The minimum atomic E-state index is -0.378. The van der Waals surface area contributed by atoms with Crippen LogP contribution in [0.5, 0.6) is 0 Å². The third kappa shape index (κ3) is 3.25. The summed E-state index contributed by atoms with van der Waals surface area (Å²) in [6.07, 6.45) is 1.50. The van der Waals surface area contributed by atoms with Crippen molar-refractivity contribution in [1.29, 1.82) is 0 Å². The topological polar surface area (TPSA) is 90.4 Å². The molecular formula is C13H15N3O3. The Morgan fingerprint density at radius 3 is 2.95 bits per heavy atom. The van der Waals surface area contributed by atoms with Gasteiger partial charge in [0.1, 0.15) is 12.0 Å². The molecule has 0 aliphatic carbocycles. The van der Waals surface area contributed by atoms with E-state index in [1.807, 2.05) is 0 Å². The molecule has 0 unspecified atom stereocenters. The smallest absolute Gasteiger partial charge is 0.338 e. The van der Waals surface area contributed by atoms with Crippen LogP contribution in [0.15, 0.2) is 35.1 Å². The van der Waals surface area contributed by atoms with Gasteiger partial charge in [0.2, 0.25) is 0 Å². The molecule has 6 nitrogen and oxygen atoms in total. The van der Waals surface area contributed by atoms with E-state index < -0.39 is 0 Å². The third-order valence-electron chi connectivity index (χ3n) is 2.51. The Kier molecular flexibility index (Phi) is 4.02. The van der Waals surface area contributed by atoms with Crippen LogP contribution in [0.4, 0.5) is 11.4 Å². The van der Waals surface area contributed by atoms with E-state index in [0.29, 0.717) is 24.4 Å². The molecule has 6 heteroatoms. The van der Waals surface area contributed by atoms with Crippen molar-refractivity contribution in [3.05, 3.63) is 41.8 Å². The number of anilines is 2. The Bertz CT molecular complexity index is 552. The summed E-state index contributed by atoms with van der Waals surface area (Å²) < 4.78 is 9.63.